The maximum Gasteiger partial charge on any atom is 0.407 e. The molecule has 0 saturated heterocycles. The summed E-state index contributed by atoms with van der Waals surface area (Å²) in [6.45, 7) is 1.40. The molecule has 1 saturated carbocycles. The van der Waals surface area contributed by atoms with Crippen LogP contribution in [-0.2, 0) is 14.3 Å². The molecule has 0 aliphatic heterocycles. The third-order valence-corrected chi connectivity index (χ3v) is 6.57. The van der Waals surface area contributed by atoms with Crippen molar-refractivity contribution in [3.63, 3.8) is 0 Å². The first-order valence-corrected chi connectivity index (χ1v) is 11.2. The number of rotatable bonds is 8. The Bertz CT molecular complexity index is 1000. The van der Waals surface area contributed by atoms with Crippen molar-refractivity contribution in [3.05, 3.63) is 59.7 Å². The van der Waals surface area contributed by atoms with Gasteiger partial charge in [0.2, 0.25) is 5.91 Å². The van der Waals surface area contributed by atoms with E-state index in [1.54, 1.807) is 0 Å². The second kappa shape index (κ2) is 9.62. The molecule has 0 heterocycles. The highest BCUT2D eigenvalue weighted by Gasteiger charge is 2.37. The van der Waals surface area contributed by atoms with Gasteiger partial charge in [-0.15, -0.1) is 0 Å². The SMILES string of the molecule is CC(O)C(NC(=O)C(NC(=O)OCC1c2ccccc2-c2ccccc21)C1CCC1)C(=O)O. The van der Waals surface area contributed by atoms with Crippen LogP contribution in [0.1, 0.15) is 43.2 Å². The highest BCUT2D eigenvalue weighted by atomic mass is 16.5. The average molecular weight is 453 g/mol. The van der Waals surface area contributed by atoms with Gasteiger partial charge in [-0.3, -0.25) is 4.79 Å². The van der Waals surface area contributed by atoms with Crippen LogP contribution in [-0.4, -0.2) is 53.0 Å². The highest BCUT2D eigenvalue weighted by molar-refractivity contribution is 5.90. The number of nitrogens with one attached hydrogen (secondary N) is 2. The van der Waals surface area contributed by atoms with Crippen molar-refractivity contribution in [3.8, 4) is 11.1 Å². The van der Waals surface area contributed by atoms with Crippen LogP contribution in [0.2, 0.25) is 0 Å². The third kappa shape index (κ3) is 4.71. The summed E-state index contributed by atoms with van der Waals surface area (Å²) in [4.78, 5) is 36.8. The molecular formula is C25H28N2O6. The Morgan fingerprint density at radius 2 is 1.58 bits per heavy atom. The van der Waals surface area contributed by atoms with Gasteiger partial charge in [0.05, 0.1) is 6.10 Å². The molecule has 3 atom stereocenters. The van der Waals surface area contributed by atoms with Crippen LogP contribution in [0.25, 0.3) is 11.1 Å². The summed E-state index contributed by atoms with van der Waals surface area (Å²) in [5, 5.41) is 23.9. The summed E-state index contributed by atoms with van der Waals surface area (Å²) in [6, 6.07) is 13.6. The average Bonchev–Trinajstić information content (AvgIpc) is 3.07. The van der Waals surface area contributed by atoms with Crippen LogP contribution >= 0.6 is 0 Å². The minimum absolute atomic E-state index is 0.103. The lowest BCUT2D eigenvalue weighted by atomic mass is 9.79. The lowest BCUT2D eigenvalue weighted by Gasteiger charge is -2.34. The molecule has 3 unspecified atom stereocenters. The van der Waals surface area contributed by atoms with E-state index in [1.165, 1.54) is 6.92 Å². The zero-order valence-corrected chi connectivity index (χ0v) is 18.4. The van der Waals surface area contributed by atoms with Gasteiger partial charge >= 0.3 is 12.1 Å². The predicted octanol–water partition coefficient (Wildman–Crippen LogP) is 2.64. The third-order valence-electron chi connectivity index (χ3n) is 6.57. The number of hydrogen-bond acceptors (Lipinski definition) is 5. The Morgan fingerprint density at radius 3 is 2.06 bits per heavy atom. The van der Waals surface area contributed by atoms with Crippen molar-refractivity contribution >= 4 is 18.0 Å². The number of benzene rings is 2. The number of carboxylic acid groups (broad SMARTS) is 1. The molecular weight excluding hydrogens is 424 g/mol. The van der Waals surface area contributed by atoms with Crippen molar-refractivity contribution in [1.29, 1.82) is 0 Å². The zero-order chi connectivity index (χ0) is 23.5. The molecule has 0 bridgehead atoms. The van der Waals surface area contributed by atoms with E-state index >= 15 is 0 Å². The number of aliphatic carboxylic acids is 1. The van der Waals surface area contributed by atoms with Crippen LogP contribution < -0.4 is 10.6 Å². The number of fused-ring (bicyclic) bond motifs is 3. The topological polar surface area (TPSA) is 125 Å². The van der Waals surface area contributed by atoms with Crippen molar-refractivity contribution in [2.24, 2.45) is 5.92 Å². The number of ether oxygens (including phenoxy) is 1. The molecule has 0 aromatic heterocycles. The first-order valence-electron chi connectivity index (χ1n) is 11.2. The van der Waals surface area contributed by atoms with Gasteiger partial charge in [0.25, 0.3) is 0 Å². The number of carboxylic acids is 1. The Hall–Kier alpha value is -3.39. The van der Waals surface area contributed by atoms with Gasteiger partial charge in [-0.25, -0.2) is 9.59 Å². The molecule has 2 amide bonds. The zero-order valence-electron chi connectivity index (χ0n) is 18.4. The van der Waals surface area contributed by atoms with E-state index in [9.17, 15) is 24.6 Å². The lowest BCUT2D eigenvalue weighted by molar-refractivity contribution is -0.145. The summed E-state index contributed by atoms with van der Waals surface area (Å²) < 4.78 is 5.54. The minimum atomic E-state index is -1.45. The van der Waals surface area contributed by atoms with Crippen LogP contribution in [0.4, 0.5) is 4.79 Å². The molecule has 8 heteroatoms. The number of aliphatic hydroxyl groups excluding tert-OH is 1. The Balaban J connectivity index is 1.42. The van der Waals surface area contributed by atoms with Gasteiger partial charge in [-0.1, -0.05) is 55.0 Å². The second-order valence-electron chi connectivity index (χ2n) is 8.70. The fourth-order valence-corrected chi connectivity index (χ4v) is 4.57. The summed E-state index contributed by atoms with van der Waals surface area (Å²) in [7, 11) is 0. The first-order chi connectivity index (χ1) is 15.9. The van der Waals surface area contributed by atoms with Crippen LogP contribution in [0.5, 0.6) is 0 Å². The van der Waals surface area contributed by atoms with E-state index in [0.29, 0.717) is 0 Å². The van der Waals surface area contributed by atoms with Gasteiger partial charge in [0, 0.05) is 5.92 Å². The number of aliphatic hydroxyl groups is 1. The molecule has 0 spiro atoms. The maximum atomic E-state index is 12.8. The van der Waals surface area contributed by atoms with Crippen LogP contribution in [0.3, 0.4) is 0 Å². The normalized spacial score (nSPS) is 17.6. The fraction of sp³-hybridized carbons (Fsp3) is 0.400. The fourth-order valence-electron chi connectivity index (χ4n) is 4.57. The van der Waals surface area contributed by atoms with Crippen molar-refractivity contribution < 1.29 is 29.3 Å². The maximum absolute atomic E-state index is 12.8. The Kier molecular flexibility index (Phi) is 6.65. The highest BCUT2D eigenvalue weighted by Crippen LogP contribution is 2.44. The van der Waals surface area contributed by atoms with E-state index in [0.717, 1.165) is 41.5 Å². The first kappa shape index (κ1) is 22.8. The van der Waals surface area contributed by atoms with Crippen LogP contribution in [0.15, 0.2) is 48.5 Å². The van der Waals surface area contributed by atoms with E-state index in [-0.39, 0.29) is 18.4 Å². The Morgan fingerprint density at radius 1 is 1.00 bits per heavy atom. The monoisotopic (exact) mass is 452 g/mol. The molecule has 4 N–H and O–H groups in total. The molecule has 1 fully saturated rings. The number of carbonyl (C=O) groups is 3. The smallest absolute Gasteiger partial charge is 0.407 e. The minimum Gasteiger partial charge on any atom is -0.480 e. The van der Waals surface area contributed by atoms with Gasteiger partial charge < -0.3 is 25.6 Å². The van der Waals surface area contributed by atoms with Crippen LogP contribution in [0, 0.1) is 5.92 Å². The molecule has 4 rings (SSSR count). The molecule has 2 aliphatic carbocycles. The summed E-state index contributed by atoms with van der Waals surface area (Å²) in [5.41, 5.74) is 4.40. The van der Waals surface area contributed by atoms with E-state index in [2.05, 4.69) is 10.6 Å². The second-order valence-corrected chi connectivity index (χ2v) is 8.70. The molecule has 8 nitrogen and oxygen atoms in total. The van der Waals surface area contributed by atoms with E-state index in [4.69, 9.17) is 4.74 Å². The van der Waals surface area contributed by atoms with E-state index in [1.807, 2.05) is 48.5 Å². The molecule has 2 aromatic rings. The van der Waals surface area contributed by atoms with Gasteiger partial charge in [0.15, 0.2) is 6.04 Å². The number of alkyl carbamates (subject to hydrolysis) is 1. The predicted molar refractivity (Wildman–Crippen MR) is 121 cm³/mol. The molecule has 174 valence electrons. The van der Waals surface area contributed by atoms with Gasteiger partial charge in [0.1, 0.15) is 12.6 Å². The summed E-state index contributed by atoms with van der Waals surface area (Å²) in [6.07, 6.45) is 0.415. The molecule has 33 heavy (non-hydrogen) atoms. The standard InChI is InChI=1S/C25H28N2O6/c1-14(28)21(24(30)31)26-23(29)22(15-7-6-8-15)27-25(32)33-13-20-18-11-4-2-9-16(18)17-10-3-5-12-19(17)20/h2-5,9-12,14-15,20-22,28H,6-8,13H2,1H3,(H,26,29)(H,27,32)(H,30,31). The Labute approximate surface area is 192 Å². The largest absolute Gasteiger partial charge is 0.480 e. The number of carbonyl (C=O) groups excluding carboxylic acids is 2. The van der Waals surface area contributed by atoms with E-state index < -0.39 is 36.2 Å². The van der Waals surface area contributed by atoms with Gasteiger partial charge in [-0.2, -0.15) is 0 Å². The van der Waals surface area contributed by atoms with Crippen molar-refractivity contribution in [2.75, 3.05) is 6.61 Å². The molecule has 2 aliphatic rings. The van der Waals surface area contributed by atoms with Crippen molar-refractivity contribution in [1.82, 2.24) is 10.6 Å². The number of hydrogen-bond donors (Lipinski definition) is 4. The summed E-state index contributed by atoms with van der Waals surface area (Å²) in [5.74, 6) is -2.19. The number of amides is 2. The van der Waals surface area contributed by atoms with Gasteiger partial charge in [-0.05, 0) is 47.9 Å². The molecule has 2 aromatic carbocycles. The quantitative estimate of drug-likeness (QED) is 0.488. The lowest BCUT2D eigenvalue weighted by Crippen LogP contribution is -2.57. The summed E-state index contributed by atoms with van der Waals surface area (Å²) >= 11 is 0. The van der Waals surface area contributed by atoms with Crippen molar-refractivity contribution in [2.45, 2.75) is 50.3 Å². The molecule has 0 radical (unpaired) electrons.